The molecule has 1 N–H and O–H groups in total. The van der Waals surface area contributed by atoms with Gasteiger partial charge in [-0.15, -0.1) is 0 Å². The van der Waals surface area contributed by atoms with Gasteiger partial charge in [0.2, 0.25) is 0 Å². The zero-order valence-electron chi connectivity index (χ0n) is 21.8. The first-order chi connectivity index (χ1) is 15.3. The van der Waals surface area contributed by atoms with Gasteiger partial charge in [-0.1, -0.05) is 65.3 Å². The van der Waals surface area contributed by atoms with Crippen LogP contribution in [0.4, 0.5) is 0 Å². The van der Waals surface area contributed by atoms with Crippen molar-refractivity contribution in [3.63, 3.8) is 0 Å². The lowest BCUT2D eigenvalue weighted by molar-refractivity contribution is -0.148. The van der Waals surface area contributed by atoms with Crippen molar-refractivity contribution >= 4 is 11.8 Å². The molecule has 0 unspecified atom stereocenters. The summed E-state index contributed by atoms with van der Waals surface area (Å²) < 4.78 is 0. The summed E-state index contributed by atoms with van der Waals surface area (Å²) in [5, 5.41) is 9.13. The molecule has 0 amide bonds. The van der Waals surface area contributed by atoms with Crippen molar-refractivity contribution in [2.75, 3.05) is 0 Å². The molecular weight excluding hydrogens is 408 g/mol. The van der Waals surface area contributed by atoms with E-state index in [2.05, 4.69) is 53.7 Å². The maximum Gasteiger partial charge on any atom is 0.330 e. The third-order valence-corrected chi connectivity index (χ3v) is 11.2. The van der Waals surface area contributed by atoms with Gasteiger partial charge in [-0.05, 0) is 97.9 Å². The molecule has 2 saturated carbocycles. The minimum atomic E-state index is -0.809. The van der Waals surface area contributed by atoms with Gasteiger partial charge in [0.15, 0.2) is 5.78 Å². The summed E-state index contributed by atoms with van der Waals surface area (Å²) >= 11 is 0. The van der Waals surface area contributed by atoms with Gasteiger partial charge in [-0.2, -0.15) is 0 Å². The largest absolute Gasteiger partial charge is 0.478 e. The zero-order valence-corrected chi connectivity index (χ0v) is 21.8. The first kappa shape index (κ1) is 24.5. The summed E-state index contributed by atoms with van der Waals surface area (Å²) in [6.45, 7) is 15.9. The molecular formula is C30H44O3. The van der Waals surface area contributed by atoms with E-state index < -0.39 is 5.97 Å². The zero-order chi connectivity index (χ0) is 24.4. The highest BCUT2D eigenvalue weighted by atomic mass is 16.4. The van der Waals surface area contributed by atoms with Gasteiger partial charge < -0.3 is 5.11 Å². The van der Waals surface area contributed by atoms with E-state index in [1.165, 1.54) is 19.3 Å². The summed E-state index contributed by atoms with van der Waals surface area (Å²) in [5.74, 6) is 1.64. The Labute approximate surface area is 200 Å². The Bertz CT molecular complexity index is 936. The molecule has 4 aliphatic rings. The third-order valence-electron chi connectivity index (χ3n) is 11.2. The van der Waals surface area contributed by atoms with Crippen molar-refractivity contribution < 1.29 is 14.7 Å². The van der Waals surface area contributed by atoms with Crippen LogP contribution in [0.1, 0.15) is 93.4 Å². The molecule has 2 fully saturated rings. The fraction of sp³-hybridized carbons (Fsp3) is 0.733. The second kappa shape index (κ2) is 7.95. The van der Waals surface area contributed by atoms with Crippen LogP contribution in [0.2, 0.25) is 0 Å². The summed E-state index contributed by atoms with van der Waals surface area (Å²) in [7, 11) is 0. The maximum absolute atomic E-state index is 12.7. The van der Waals surface area contributed by atoms with E-state index >= 15 is 0 Å². The van der Waals surface area contributed by atoms with Crippen molar-refractivity contribution in [2.24, 2.45) is 45.3 Å². The molecule has 0 aromatic carbocycles. The average molecular weight is 453 g/mol. The second-order valence-electron chi connectivity index (χ2n) is 13.0. The first-order valence-electron chi connectivity index (χ1n) is 13.1. The molecule has 4 aliphatic carbocycles. The number of ketones is 1. The molecule has 0 bridgehead atoms. The number of hydrogen-bond acceptors (Lipinski definition) is 2. The number of carboxylic acid groups (broad SMARTS) is 1. The van der Waals surface area contributed by atoms with E-state index in [9.17, 15) is 9.59 Å². The highest BCUT2D eigenvalue weighted by Crippen LogP contribution is 2.73. The number of rotatable bonds is 5. The molecule has 0 aromatic heterocycles. The summed E-state index contributed by atoms with van der Waals surface area (Å²) in [4.78, 5) is 23.9. The molecule has 0 radical (unpaired) electrons. The van der Waals surface area contributed by atoms with Crippen molar-refractivity contribution in [1.29, 1.82) is 0 Å². The predicted octanol–water partition coefficient (Wildman–Crippen LogP) is 7.38. The fourth-order valence-corrected chi connectivity index (χ4v) is 8.88. The monoisotopic (exact) mass is 452 g/mol. The molecule has 4 rings (SSSR count). The molecule has 0 spiro atoms. The Morgan fingerprint density at radius 2 is 1.85 bits per heavy atom. The molecule has 182 valence electrons. The molecule has 3 nitrogen and oxygen atoms in total. The van der Waals surface area contributed by atoms with E-state index in [1.54, 1.807) is 12.5 Å². The summed E-state index contributed by atoms with van der Waals surface area (Å²) in [6.07, 6.45) is 16.5. The van der Waals surface area contributed by atoms with Crippen molar-refractivity contribution in [2.45, 2.75) is 93.4 Å². The highest BCUT2D eigenvalue weighted by Gasteiger charge is 2.66. The lowest BCUT2D eigenvalue weighted by Gasteiger charge is -2.66. The van der Waals surface area contributed by atoms with Crippen LogP contribution < -0.4 is 0 Å². The van der Waals surface area contributed by atoms with Gasteiger partial charge in [-0.3, -0.25) is 4.79 Å². The Balaban J connectivity index is 1.61. The molecule has 0 aromatic rings. The van der Waals surface area contributed by atoms with Crippen molar-refractivity contribution in [3.05, 3.63) is 35.5 Å². The minimum Gasteiger partial charge on any atom is -0.478 e. The normalized spacial score (nSPS) is 42.8. The van der Waals surface area contributed by atoms with Crippen molar-refractivity contribution in [3.8, 4) is 0 Å². The standard InChI is InChI=1S/C30H44O3/c1-19(9-8-10-20(2)26(32)33)21-13-17-29(6)22(21)11-12-24-28(5)16-15-25(31)27(3,4)23(28)14-18-30(24,29)7/h10-11,15-16,19,21,23-24H,8-9,12-14,17-18H2,1-7H3,(H,32,33)/b20-10+/t19-,21-,23-,24+,28+,29+,30-/m0/s1. The van der Waals surface area contributed by atoms with E-state index in [-0.39, 0.29) is 21.7 Å². The Morgan fingerprint density at radius 3 is 2.52 bits per heavy atom. The number of hydrogen-bond donors (Lipinski definition) is 1. The number of carbonyl (C=O) groups is 2. The third kappa shape index (κ3) is 3.43. The van der Waals surface area contributed by atoms with E-state index in [1.807, 2.05) is 12.2 Å². The number of carboxylic acids is 1. The first-order valence-corrected chi connectivity index (χ1v) is 13.1. The van der Waals surface area contributed by atoms with Gasteiger partial charge in [0.25, 0.3) is 0 Å². The van der Waals surface area contributed by atoms with Crippen LogP contribution in [0.25, 0.3) is 0 Å². The van der Waals surface area contributed by atoms with Crippen LogP contribution in [-0.4, -0.2) is 16.9 Å². The molecule has 3 heteroatoms. The molecule has 7 atom stereocenters. The van der Waals surface area contributed by atoms with Crippen LogP contribution in [0.3, 0.4) is 0 Å². The lowest BCUT2D eigenvalue weighted by atomic mass is 9.38. The van der Waals surface area contributed by atoms with Crippen LogP contribution >= 0.6 is 0 Å². The predicted molar refractivity (Wildman–Crippen MR) is 134 cm³/mol. The highest BCUT2D eigenvalue weighted by molar-refractivity contribution is 5.95. The lowest BCUT2D eigenvalue weighted by Crippen LogP contribution is -2.60. The van der Waals surface area contributed by atoms with Gasteiger partial charge >= 0.3 is 5.97 Å². The Hall–Kier alpha value is -1.64. The smallest absolute Gasteiger partial charge is 0.330 e. The van der Waals surface area contributed by atoms with Gasteiger partial charge in [-0.25, -0.2) is 4.79 Å². The average Bonchev–Trinajstić information content (AvgIpc) is 3.09. The van der Waals surface area contributed by atoms with Crippen LogP contribution in [0, 0.1) is 45.3 Å². The quantitative estimate of drug-likeness (QED) is 0.349. The summed E-state index contributed by atoms with van der Waals surface area (Å²) in [6, 6.07) is 0. The van der Waals surface area contributed by atoms with Crippen molar-refractivity contribution in [1.82, 2.24) is 0 Å². The molecule has 0 saturated heterocycles. The Morgan fingerprint density at radius 1 is 1.15 bits per heavy atom. The number of allylic oxidation sites excluding steroid dienone is 5. The molecule has 0 aliphatic heterocycles. The molecule has 33 heavy (non-hydrogen) atoms. The number of fused-ring (bicyclic) bond motifs is 5. The van der Waals surface area contributed by atoms with Crippen LogP contribution in [0.5, 0.6) is 0 Å². The van der Waals surface area contributed by atoms with E-state index in [4.69, 9.17) is 5.11 Å². The second-order valence-corrected chi connectivity index (χ2v) is 13.0. The van der Waals surface area contributed by atoms with Gasteiger partial charge in [0, 0.05) is 11.0 Å². The van der Waals surface area contributed by atoms with Gasteiger partial charge in [0.1, 0.15) is 0 Å². The maximum atomic E-state index is 12.7. The SMILES string of the molecule is C/C(=C\CC[C@H](C)[C@@H]1CC[C@]2(C)C1=CC[C@@H]1[C@]3(C)C=CC(=O)C(C)(C)[C@@H]3CC[C@@]12C)C(=O)O. The number of carbonyl (C=O) groups excluding carboxylic acids is 1. The van der Waals surface area contributed by atoms with E-state index in [0.717, 1.165) is 25.7 Å². The van der Waals surface area contributed by atoms with E-state index in [0.29, 0.717) is 35.0 Å². The van der Waals surface area contributed by atoms with Crippen LogP contribution in [0.15, 0.2) is 35.5 Å². The minimum absolute atomic E-state index is 0.0678. The Kier molecular flexibility index (Phi) is 5.90. The summed E-state index contributed by atoms with van der Waals surface area (Å²) in [5.41, 5.74) is 2.40. The number of aliphatic carboxylic acids is 1. The molecule has 0 heterocycles. The van der Waals surface area contributed by atoms with Crippen LogP contribution in [-0.2, 0) is 9.59 Å². The topological polar surface area (TPSA) is 54.4 Å². The fourth-order valence-electron chi connectivity index (χ4n) is 8.88. The van der Waals surface area contributed by atoms with Gasteiger partial charge in [0.05, 0.1) is 0 Å².